The van der Waals surface area contributed by atoms with Crippen molar-refractivity contribution in [3.8, 4) is 11.5 Å². The summed E-state index contributed by atoms with van der Waals surface area (Å²) in [5.74, 6) is 0.483. The van der Waals surface area contributed by atoms with Crippen LogP contribution < -0.4 is 0 Å². The first-order valence-corrected chi connectivity index (χ1v) is 8.36. The molecular weight excluding hydrogens is 388 g/mol. The van der Waals surface area contributed by atoms with Gasteiger partial charge in [-0.25, -0.2) is 4.79 Å². The zero-order valence-electron chi connectivity index (χ0n) is 13.4. The fourth-order valence-corrected chi connectivity index (χ4v) is 2.72. The van der Waals surface area contributed by atoms with Gasteiger partial charge in [0.2, 0.25) is 0 Å². The molecule has 0 spiro atoms. The number of Topliss-reactive ketones (excluding diaryl/α,β-unsaturated/α-hetero) is 1. The number of aromatic amines is 1. The van der Waals surface area contributed by atoms with Crippen molar-refractivity contribution in [3.63, 3.8) is 0 Å². The highest BCUT2D eigenvalue weighted by Gasteiger charge is 2.15. The summed E-state index contributed by atoms with van der Waals surface area (Å²) in [7, 11) is 0. The number of hydrogen-bond donors (Lipinski definition) is 1. The molecule has 25 heavy (non-hydrogen) atoms. The Morgan fingerprint density at radius 1 is 1.24 bits per heavy atom. The molecule has 7 heteroatoms. The molecule has 0 aliphatic heterocycles. The minimum absolute atomic E-state index is 0.166. The van der Waals surface area contributed by atoms with Gasteiger partial charge in [-0.3, -0.25) is 9.89 Å². The molecule has 0 aliphatic carbocycles. The second-order valence-corrected chi connectivity index (χ2v) is 6.41. The van der Waals surface area contributed by atoms with Crippen LogP contribution in [0, 0.1) is 6.92 Å². The molecule has 0 amide bonds. The van der Waals surface area contributed by atoms with Crippen LogP contribution in [-0.2, 0) is 16.0 Å². The van der Waals surface area contributed by atoms with Gasteiger partial charge in [-0.05, 0) is 36.8 Å². The van der Waals surface area contributed by atoms with Crippen LogP contribution in [0.5, 0.6) is 0 Å². The lowest BCUT2D eigenvalue weighted by molar-refractivity contribution is -0.121. The van der Waals surface area contributed by atoms with Gasteiger partial charge in [0.05, 0.1) is 0 Å². The van der Waals surface area contributed by atoms with E-state index in [0.717, 1.165) is 15.8 Å². The Labute approximate surface area is 152 Å². The van der Waals surface area contributed by atoms with E-state index in [4.69, 9.17) is 9.15 Å². The Morgan fingerprint density at radius 2 is 2.08 bits per heavy atom. The third kappa shape index (κ3) is 4.45. The number of benzene rings is 1. The molecule has 3 rings (SSSR count). The fourth-order valence-electron chi connectivity index (χ4n) is 2.27. The van der Waals surface area contributed by atoms with E-state index in [-0.39, 0.29) is 24.5 Å². The molecule has 2 heterocycles. The second kappa shape index (κ2) is 7.48. The maximum absolute atomic E-state index is 12.0. The van der Waals surface area contributed by atoms with Gasteiger partial charge in [-0.2, -0.15) is 5.10 Å². The Bertz CT molecular complexity index is 913. The predicted molar refractivity (Wildman–Crippen MR) is 94.2 cm³/mol. The first-order chi connectivity index (χ1) is 12.0. The zero-order valence-corrected chi connectivity index (χ0v) is 15.0. The lowest BCUT2D eigenvalue weighted by Crippen LogP contribution is -2.16. The van der Waals surface area contributed by atoms with E-state index >= 15 is 0 Å². The van der Waals surface area contributed by atoms with E-state index < -0.39 is 5.97 Å². The average molecular weight is 403 g/mol. The smallest absolute Gasteiger partial charge is 0.356 e. The summed E-state index contributed by atoms with van der Waals surface area (Å²) in [6.45, 7) is 1.53. The molecular formula is C18H15BrN2O4. The number of halogens is 1. The molecule has 1 aromatic carbocycles. The van der Waals surface area contributed by atoms with Crippen LogP contribution in [0.3, 0.4) is 0 Å². The van der Waals surface area contributed by atoms with Crippen LogP contribution in [0.4, 0.5) is 0 Å². The quantitative estimate of drug-likeness (QED) is 0.635. The molecule has 0 radical (unpaired) electrons. The molecule has 128 valence electrons. The zero-order chi connectivity index (χ0) is 17.8. The summed E-state index contributed by atoms with van der Waals surface area (Å²) in [5.41, 5.74) is 1.52. The number of nitrogens with one attached hydrogen (secondary N) is 1. The predicted octanol–water partition coefficient (Wildman–Crippen LogP) is 3.71. The van der Waals surface area contributed by atoms with Crippen molar-refractivity contribution in [1.29, 1.82) is 0 Å². The minimum Gasteiger partial charge on any atom is -0.460 e. The standard InChI is InChI=1S/C18H15BrN2O4/c1-11-5-6-17(25-11)15-9-16(21-20-15)18(23)24-10-14(22)8-12-3-2-4-13(19)7-12/h2-7,9H,8,10H2,1H3,(H,20,21). The number of carbonyl (C=O) groups is 2. The van der Waals surface area contributed by atoms with Gasteiger partial charge in [0.1, 0.15) is 17.1 Å². The first kappa shape index (κ1) is 17.2. The van der Waals surface area contributed by atoms with E-state index in [1.54, 1.807) is 6.07 Å². The third-order valence-electron chi connectivity index (χ3n) is 3.45. The number of aromatic nitrogens is 2. The van der Waals surface area contributed by atoms with Gasteiger partial charge in [0.15, 0.2) is 18.2 Å². The molecule has 6 nitrogen and oxygen atoms in total. The highest BCUT2D eigenvalue weighted by molar-refractivity contribution is 9.10. The number of esters is 1. The molecule has 0 aliphatic rings. The van der Waals surface area contributed by atoms with Crippen LogP contribution in [0.25, 0.3) is 11.5 Å². The average Bonchev–Trinajstić information content (AvgIpc) is 3.21. The van der Waals surface area contributed by atoms with Crippen LogP contribution >= 0.6 is 15.9 Å². The van der Waals surface area contributed by atoms with Crippen molar-refractivity contribution in [2.24, 2.45) is 0 Å². The van der Waals surface area contributed by atoms with Gasteiger partial charge >= 0.3 is 5.97 Å². The van der Waals surface area contributed by atoms with Gasteiger partial charge in [-0.1, -0.05) is 28.1 Å². The maximum atomic E-state index is 12.0. The number of hydrogen-bond acceptors (Lipinski definition) is 5. The fraction of sp³-hybridized carbons (Fsp3) is 0.167. The van der Waals surface area contributed by atoms with Crippen LogP contribution in [0.15, 0.2) is 51.4 Å². The van der Waals surface area contributed by atoms with Crippen molar-refractivity contribution in [3.05, 3.63) is 64.0 Å². The monoisotopic (exact) mass is 402 g/mol. The SMILES string of the molecule is Cc1ccc(-c2cc(C(=O)OCC(=O)Cc3cccc(Br)c3)[nH]n2)o1. The summed E-state index contributed by atoms with van der Waals surface area (Å²) in [6, 6.07) is 12.5. The normalized spacial score (nSPS) is 10.6. The molecule has 0 fully saturated rings. The summed E-state index contributed by atoms with van der Waals surface area (Å²) in [4.78, 5) is 24.0. The lowest BCUT2D eigenvalue weighted by Gasteiger charge is -2.03. The molecule has 2 aromatic heterocycles. The summed E-state index contributed by atoms with van der Waals surface area (Å²) >= 11 is 3.35. The molecule has 0 bridgehead atoms. The number of ketones is 1. The Hall–Kier alpha value is -2.67. The Balaban J connectivity index is 1.56. The van der Waals surface area contributed by atoms with Gasteiger partial charge in [-0.15, -0.1) is 0 Å². The third-order valence-corrected chi connectivity index (χ3v) is 3.94. The van der Waals surface area contributed by atoms with E-state index in [9.17, 15) is 9.59 Å². The molecule has 0 saturated carbocycles. The molecule has 3 aromatic rings. The summed E-state index contributed by atoms with van der Waals surface area (Å²) in [5, 5.41) is 6.61. The number of aryl methyl sites for hydroxylation is 1. The Kier molecular flexibility index (Phi) is 5.14. The van der Waals surface area contributed by atoms with E-state index in [0.29, 0.717) is 11.5 Å². The van der Waals surface area contributed by atoms with Crippen molar-refractivity contribution < 1.29 is 18.7 Å². The highest BCUT2D eigenvalue weighted by atomic mass is 79.9. The van der Waals surface area contributed by atoms with E-state index in [1.807, 2.05) is 37.3 Å². The summed E-state index contributed by atoms with van der Waals surface area (Å²) < 4.78 is 11.4. The molecule has 0 saturated heterocycles. The van der Waals surface area contributed by atoms with Crippen molar-refractivity contribution >= 4 is 27.7 Å². The topological polar surface area (TPSA) is 85.2 Å². The number of furan rings is 1. The number of H-pyrrole nitrogens is 1. The number of ether oxygens (including phenoxy) is 1. The van der Waals surface area contributed by atoms with E-state index in [1.165, 1.54) is 6.07 Å². The molecule has 1 N–H and O–H groups in total. The van der Waals surface area contributed by atoms with E-state index in [2.05, 4.69) is 26.1 Å². The minimum atomic E-state index is -0.635. The second-order valence-electron chi connectivity index (χ2n) is 5.50. The molecule has 0 atom stereocenters. The lowest BCUT2D eigenvalue weighted by atomic mass is 10.1. The van der Waals surface area contributed by atoms with Crippen molar-refractivity contribution in [2.75, 3.05) is 6.61 Å². The van der Waals surface area contributed by atoms with Gasteiger partial charge in [0.25, 0.3) is 0 Å². The van der Waals surface area contributed by atoms with Crippen LogP contribution in [-0.4, -0.2) is 28.6 Å². The van der Waals surface area contributed by atoms with Crippen LogP contribution in [0.2, 0.25) is 0 Å². The number of carbonyl (C=O) groups excluding carboxylic acids is 2. The largest absolute Gasteiger partial charge is 0.460 e. The molecule has 0 unspecified atom stereocenters. The van der Waals surface area contributed by atoms with Gasteiger partial charge in [0, 0.05) is 17.0 Å². The van der Waals surface area contributed by atoms with Gasteiger partial charge < -0.3 is 9.15 Å². The Morgan fingerprint density at radius 3 is 2.80 bits per heavy atom. The van der Waals surface area contributed by atoms with Crippen LogP contribution in [0.1, 0.15) is 21.8 Å². The highest BCUT2D eigenvalue weighted by Crippen LogP contribution is 2.20. The number of rotatable bonds is 6. The maximum Gasteiger partial charge on any atom is 0.356 e. The first-order valence-electron chi connectivity index (χ1n) is 7.57. The number of nitrogens with zero attached hydrogens (tertiary/aromatic N) is 1. The summed E-state index contributed by atoms with van der Waals surface area (Å²) in [6.07, 6.45) is 0.201. The van der Waals surface area contributed by atoms with Crippen molar-refractivity contribution in [2.45, 2.75) is 13.3 Å². The van der Waals surface area contributed by atoms with Crippen molar-refractivity contribution in [1.82, 2.24) is 10.2 Å².